The molecule has 0 spiro atoms. The van der Waals surface area contributed by atoms with Crippen LogP contribution in [-0.2, 0) is 4.79 Å². The van der Waals surface area contributed by atoms with Crippen LogP contribution in [0, 0.1) is 11.8 Å². The molecule has 3 rings (SSSR count). The van der Waals surface area contributed by atoms with Crippen molar-refractivity contribution in [1.29, 1.82) is 0 Å². The van der Waals surface area contributed by atoms with Gasteiger partial charge < -0.3 is 11.1 Å². The van der Waals surface area contributed by atoms with Crippen LogP contribution in [0.25, 0.3) is 0 Å². The fraction of sp³-hybridized carbons (Fsp3) is 0.467. The number of rotatable bonds is 4. The lowest BCUT2D eigenvalue weighted by molar-refractivity contribution is -0.118. The third-order valence-electron chi connectivity index (χ3n) is 4.26. The summed E-state index contributed by atoms with van der Waals surface area (Å²) in [5.74, 6) is 0.491. The maximum Gasteiger partial charge on any atom is 0.251 e. The van der Waals surface area contributed by atoms with E-state index in [2.05, 4.69) is 10.0 Å². The first-order valence-corrected chi connectivity index (χ1v) is 8.02. The Morgan fingerprint density at radius 3 is 2.52 bits per heavy atom. The molecule has 2 fully saturated rings. The molecule has 1 aromatic rings. The molecule has 1 aromatic carbocycles. The molecule has 2 amide bonds. The number of carbonyl (C=O) groups is 2. The average molecular weight is 309 g/mol. The number of amides is 2. The third kappa shape index (κ3) is 2.78. The van der Waals surface area contributed by atoms with Gasteiger partial charge in [-0.25, -0.2) is 0 Å². The zero-order valence-corrected chi connectivity index (χ0v) is 12.7. The summed E-state index contributed by atoms with van der Waals surface area (Å²) in [6.45, 7) is 0. The predicted octanol–water partition coefficient (Wildman–Crippen LogP) is 1.71. The molecule has 1 saturated heterocycles. The van der Waals surface area contributed by atoms with Crippen LogP contribution >= 0.6 is 11.9 Å². The van der Waals surface area contributed by atoms with Crippen molar-refractivity contribution in [3.05, 3.63) is 35.4 Å². The highest BCUT2D eigenvalue weighted by Gasteiger charge is 2.48. The first-order chi connectivity index (χ1) is 10.1. The van der Waals surface area contributed by atoms with Crippen molar-refractivity contribution in [1.82, 2.24) is 10.0 Å². The minimum Gasteiger partial charge on any atom is -0.369 e. The quantitative estimate of drug-likeness (QED) is 0.739. The molecular weight excluding hydrogens is 286 g/mol. The summed E-state index contributed by atoms with van der Waals surface area (Å²) < 4.78 is 3.35. The number of nitrogens with one attached hydrogen (secondary N) is 2. The van der Waals surface area contributed by atoms with Gasteiger partial charge in [0.05, 0.1) is 0 Å². The van der Waals surface area contributed by atoms with Crippen LogP contribution in [0.1, 0.15) is 37.7 Å². The molecule has 0 radical (unpaired) electrons. The normalized spacial score (nSPS) is 28.3. The van der Waals surface area contributed by atoms with E-state index in [0.717, 1.165) is 5.56 Å². The van der Waals surface area contributed by atoms with Gasteiger partial charge in [-0.2, -0.15) is 0 Å². The zero-order chi connectivity index (χ0) is 15.0. The van der Waals surface area contributed by atoms with Gasteiger partial charge in [-0.05, 0) is 36.5 Å². The summed E-state index contributed by atoms with van der Waals surface area (Å²) in [5, 5.41) is 2.44. The van der Waals surface area contributed by atoms with Gasteiger partial charge in [0.25, 0.3) is 5.91 Å². The summed E-state index contributed by atoms with van der Waals surface area (Å²) in [5.41, 5.74) is 7.27. The Balaban J connectivity index is 0.00000132. The molecule has 6 heteroatoms. The molecule has 116 valence electrons. The molecule has 0 bridgehead atoms. The van der Waals surface area contributed by atoms with Gasteiger partial charge in [0.15, 0.2) is 0 Å². The van der Waals surface area contributed by atoms with E-state index in [0.29, 0.717) is 11.5 Å². The van der Waals surface area contributed by atoms with Gasteiger partial charge >= 0.3 is 0 Å². The topological polar surface area (TPSA) is 84.2 Å². The zero-order valence-electron chi connectivity index (χ0n) is 11.8. The number of nitrogens with two attached hydrogens (primary N) is 1. The second-order valence-corrected chi connectivity index (χ2v) is 6.63. The van der Waals surface area contributed by atoms with Crippen molar-refractivity contribution in [2.45, 2.75) is 24.1 Å². The first kappa shape index (κ1) is 14.4. The van der Waals surface area contributed by atoms with E-state index in [1.54, 1.807) is 7.05 Å². The fourth-order valence-electron chi connectivity index (χ4n) is 3.00. The van der Waals surface area contributed by atoms with Gasteiger partial charge in [-0.15, -0.1) is 0 Å². The van der Waals surface area contributed by atoms with Crippen LogP contribution < -0.4 is 15.8 Å². The minimum absolute atomic E-state index is 0. The lowest BCUT2D eigenvalue weighted by Gasteiger charge is -2.21. The molecule has 1 saturated carbocycles. The molecule has 1 aliphatic carbocycles. The van der Waals surface area contributed by atoms with Crippen molar-refractivity contribution < 1.29 is 12.4 Å². The largest absolute Gasteiger partial charge is 0.369 e. The molecule has 21 heavy (non-hydrogen) atoms. The Labute approximate surface area is 131 Å². The maximum atomic E-state index is 11.6. The molecule has 1 heterocycles. The van der Waals surface area contributed by atoms with E-state index < -0.39 is 0 Å². The Bertz CT molecular complexity index is 566. The third-order valence-corrected chi connectivity index (χ3v) is 5.45. The SMILES string of the molecule is CNC(=O)c1ccc(C2NSC(C(N)=O)C2C2CC2)cc1.[HH].[HH]. The van der Waals surface area contributed by atoms with Gasteiger partial charge in [0.2, 0.25) is 5.91 Å². The average Bonchev–Trinajstić information content (AvgIpc) is 3.24. The van der Waals surface area contributed by atoms with E-state index >= 15 is 0 Å². The molecule has 2 aliphatic rings. The Kier molecular flexibility index (Phi) is 3.91. The highest BCUT2D eigenvalue weighted by molar-refractivity contribution is 7.99. The predicted molar refractivity (Wildman–Crippen MR) is 86.7 cm³/mol. The van der Waals surface area contributed by atoms with Gasteiger partial charge in [0.1, 0.15) is 5.25 Å². The van der Waals surface area contributed by atoms with Gasteiger partial charge in [-0.3, -0.25) is 14.3 Å². The van der Waals surface area contributed by atoms with E-state index in [1.165, 1.54) is 24.8 Å². The number of carbonyl (C=O) groups excluding carboxylic acids is 2. The maximum absolute atomic E-state index is 11.6. The van der Waals surface area contributed by atoms with Crippen LogP contribution in [-0.4, -0.2) is 24.1 Å². The highest BCUT2D eigenvalue weighted by Crippen LogP contribution is 2.51. The number of benzene rings is 1. The molecule has 3 atom stereocenters. The van der Waals surface area contributed by atoms with Crippen molar-refractivity contribution in [3.63, 3.8) is 0 Å². The van der Waals surface area contributed by atoms with E-state index in [9.17, 15) is 9.59 Å². The van der Waals surface area contributed by atoms with Crippen LogP contribution in [0.2, 0.25) is 0 Å². The Morgan fingerprint density at radius 2 is 2.00 bits per heavy atom. The Morgan fingerprint density at radius 1 is 1.33 bits per heavy atom. The smallest absolute Gasteiger partial charge is 0.251 e. The molecule has 4 N–H and O–H groups in total. The first-order valence-electron chi connectivity index (χ1n) is 7.14. The van der Waals surface area contributed by atoms with Gasteiger partial charge in [0, 0.05) is 27.4 Å². The lowest BCUT2D eigenvalue weighted by atomic mass is 9.86. The second-order valence-electron chi connectivity index (χ2n) is 5.65. The minimum atomic E-state index is -0.242. The number of hydrogen-bond acceptors (Lipinski definition) is 4. The monoisotopic (exact) mass is 309 g/mol. The van der Waals surface area contributed by atoms with Crippen LogP contribution in [0.5, 0.6) is 0 Å². The highest BCUT2D eigenvalue weighted by atomic mass is 32.2. The van der Waals surface area contributed by atoms with Crippen LogP contribution in [0.3, 0.4) is 0 Å². The summed E-state index contributed by atoms with van der Waals surface area (Å²) in [6.07, 6.45) is 2.34. The van der Waals surface area contributed by atoms with Crippen LogP contribution in [0.4, 0.5) is 0 Å². The number of hydrogen-bond donors (Lipinski definition) is 3. The van der Waals surface area contributed by atoms with Crippen LogP contribution in [0.15, 0.2) is 24.3 Å². The van der Waals surface area contributed by atoms with Crippen molar-refractivity contribution in [2.24, 2.45) is 17.6 Å². The molecule has 5 nitrogen and oxygen atoms in total. The van der Waals surface area contributed by atoms with Crippen molar-refractivity contribution in [2.75, 3.05) is 7.05 Å². The second kappa shape index (κ2) is 5.69. The van der Waals surface area contributed by atoms with Crippen molar-refractivity contribution >= 4 is 23.8 Å². The number of primary amides is 1. The molecule has 0 aromatic heterocycles. The molecule has 1 aliphatic heterocycles. The molecular formula is C15H23N3O2S. The fourth-order valence-corrected chi connectivity index (χ4v) is 4.24. The lowest BCUT2D eigenvalue weighted by Crippen LogP contribution is -2.32. The molecule has 3 unspecified atom stereocenters. The summed E-state index contributed by atoms with van der Waals surface area (Å²) in [4.78, 5) is 23.2. The summed E-state index contributed by atoms with van der Waals surface area (Å²) in [7, 11) is 1.62. The summed E-state index contributed by atoms with van der Waals surface area (Å²) in [6, 6.07) is 7.69. The summed E-state index contributed by atoms with van der Waals surface area (Å²) >= 11 is 1.44. The Hall–Kier alpha value is -1.53. The van der Waals surface area contributed by atoms with E-state index in [4.69, 9.17) is 5.73 Å². The van der Waals surface area contributed by atoms with E-state index in [1.807, 2.05) is 24.3 Å². The van der Waals surface area contributed by atoms with Gasteiger partial charge in [-0.1, -0.05) is 24.1 Å². The van der Waals surface area contributed by atoms with Crippen molar-refractivity contribution in [3.8, 4) is 0 Å². The standard InChI is InChI=1S/C15H19N3O2S.2H2/c1-17-15(20)10-6-4-9(5-7-10)12-11(8-2-3-8)13(14(16)19)21-18-12;;/h4-8,11-13,18H,2-3H2,1H3,(H2,16,19)(H,17,20);2*1H. The van der Waals surface area contributed by atoms with E-state index in [-0.39, 0.29) is 31.9 Å².